The Morgan fingerprint density at radius 1 is 1.57 bits per heavy atom. The van der Waals surface area contributed by atoms with E-state index in [1.165, 1.54) is 18.2 Å². The Labute approximate surface area is 80.7 Å². The van der Waals surface area contributed by atoms with Crippen molar-refractivity contribution < 1.29 is 9.72 Å². The summed E-state index contributed by atoms with van der Waals surface area (Å²) in [5, 5.41) is 10.5. The molecule has 1 aromatic carbocycles. The van der Waals surface area contributed by atoms with Crippen molar-refractivity contribution >= 4 is 17.2 Å². The lowest BCUT2D eigenvalue weighted by Gasteiger charge is -2.00. The van der Waals surface area contributed by atoms with Gasteiger partial charge < -0.3 is 5.73 Å². The summed E-state index contributed by atoms with van der Waals surface area (Å²) >= 11 is 0. The van der Waals surface area contributed by atoms with E-state index in [9.17, 15) is 14.9 Å². The molecule has 0 aliphatic rings. The SMILES string of the molecule is CCC(=O)c1ccc(N)c([N+](=O)[O-])c1. The third kappa shape index (κ3) is 1.87. The predicted molar refractivity (Wildman–Crippen MR) is 52.1 cm³/mol. The van der Waals surface area contributed by atoms with Gasteiger partial charge in [0, 0.05) is 18.1 Å². The summed E-state index contributed by atoms with van der Waals surface area (Å²) < 4.78 is 0. The molecule has 0 radical (unpaired) electrons. The summed E-state index contributed by atoms with van der Waals surface area (Å²) in [5.41, 5.74) is 5.56. The molecule has 0 spiro atoms. The fourth-order valence-corrected chi connectivity index (χ4v) is 1.08. The molecular formula is C9H10N2O3. The lowest BCUT2D eigenvalue weighted by Crippen LogP contribution is -2.01. The molecule has 2 N–H and O–H groups in total. The van der Waals surface area contributed by atoms with E-state index in [4.69, 9.17) is 5.73 Å². The largest absolute Gasteiger partial charge is 0.393 e. The lowest BCUT2D eigenvalue weighted by molar-refractivity contribution is -0.383. The number of anilines is 1. The number of nitrogens with zero attached hydrogens (tertiary/aromatic N) is 1. The maximum Gasteiger partial charge on any atom is 0.292 e. The van der Waals surface area contributed by atoms with E-state index < -0.39 is 4.92 Å². The second-order valence-electron chi connectivity index (χ2n) is 2.81. The number of nitro benzene ring substituents is 1. The van der Waals surface area contributed by atoms with Gasteiger partial charge in [-0.1, -0.05) is 6.92 Å². The van der Waals surface area contributed by atoms with E-state index >= 15 is 0 Å². The maximum atomic E-state index is 11.2. The van der Waals surface area contributed by atoms with Crippen molar-refractivity contribution in [3.05, 3.63) is 33.9 Å². The van der Waals surface area contributed by atoms with Gasteiger partial charge in [-0.2, -0.15) is 0 Å². The van der Waals surface area contributed by atoms with Gasteiger partial charge in [-0.05, 0) is 12.1 Å². The van der Waals surface area contributed by atoms with Gasteiger partial charge in [0.2, 0.25) is 0 Å². The number of hydrogen-bond donors (Lipinski definition) is 1. The highest BCUT2D eigenvalue weighted by Crippen LogP contribution is 2.22. The molecule has 0 saturated carbocycles. The van der Waals surface area contributed by atoms with Crippen LogP contribution in [0.25, 0.3) is 0 Å². The summed E-state index contributed by atoms with van der Waals surface area (Å²) in [6.45, 7) is 1.70. The molecule has 0 aromatic heterocycles. The average molecular weight is 194 g/mol. The Bertz CT molecular complexity index is 388. The van der Waals surface area contributed by atoms with Crippen molar-refractivity contribution in [2.75, 3.05) is 5.73 Å². The number of nitrogens with two attached hydrogens (primary N) is 1. The topological polar surface area (TPSA) is 86.2 Å². The molecule has 0 heterocycles. The molecule has 0 aliphatic heterocycles. The van der Waals surface area contributed by atoms with Crippen molar-refractivity contribution in [3.63, 3.8) is 0 Å². The van der Waals surface area contributed by atoms with E-state index in [1.54, 1.807) is 6.92 Å². The smallest absolute Gasteiger partial charge is 0.292 e. The van der Waals surface area contributed by atoms with Crippen molar-refractivity contribution in [2.45, 2.75) is 13.3 Å². The van der Waals surface area contributed by atoms with Gasteiger partial charge in [-0.25, -0.2) is 0 Å². The summed E-state index contributed by atoms with van der Waals surface area (Å²) in [7, 11) is 0. The third-order valence-corrected chi connectivity index (χ3v) is 1.87. The minimum Gasteiger partial charge on any atom is -0.393 e. The van der Waals surface area contributed by atoms with Gasteiger partial charge in [-0.3, -0.25) is 14.9 Å². The molecule has 0 amide bonds. The first kappa shape index (κ1) is 10.2. The van der Waals surface area contributed by atoms with E-state index in [0.29, 0.717) is 12.0 Å². The first-order valence-corrected chi connectivity index (χ1v) is 4.13. The molecule has 5 nitrogen and oxygen atoms in total. The number of Topliss-reactive ketones (excluding diaryl/α,β-unsaturated/α-hetero) is 1. The highest BCUT2D eigenvalue weighted by molar-refractivity contribution is 5.97. The van der Waals surface area contributed by atoms with Crippen LogP contribution in [0, 0.1) is 10.1 Å². The summed E-state index contributed by atoms with van der Waals surface area (Å²) in [6.07, 6.45) is 0.321. The zero-order valence-electron chi connectivity index (χ0n) is 7.69. The molecule has 74 valence electrons. The number of carbonyl (C=O) groups is 1. The zero-order valence-corrected chi connectivity index (χ0v) is 7.69. The van der Waals surface area contributed by atoms with Crippen LogP contribution in [0.4, 0.5) is 11.4 Å². The van der Waals surface area contributed by atoms with Gasteiger partial charge in [0.05, 0.1) is 4.92 Å². The number of nitrogen functional groups attached to an aromatic ring is 1. The predicted octanol–water partition coefficient (Wildman–Crippen LogP) is 1.77. The number of hydrogen-bond acceptors (Lipinski definition) is 4. The molecule has 1 aromatic rings. The minimum atomic E-state index is -0.595. The fourth-order valence-electron chi connectivity index (χ4n) is 1.08. The minimum absolute atomic E-state index is 0.0719. The quantitative estimate of drug-likeness (QED) is 0.344. The van der Waals surface area contributed by atoms with Crippen molar-refractivity contribution in [1.82, 2.24) is 0 Å². The number of carbonyl (C=O) groups excluding carboxylic acids is 1. The van der Waals surface area contributed by atoms with E-state index in [-0.39, 0.29) is 17.2 Å². The molecule has 0 aliphatic carbocycles. The van der Waals surface area contributed by atoms with E-state index in [2.05, 4.69) is 0 Å². The van der Waals surface area contributed by atoms with Crippen LogP contribution >= 0.6 is 0 Å². The van der Waals surface area contributed by atoms with Crippen LogP contribution in [-0.4, -0.2) is 10.7 Å². The van der Waals surface area contributed by atoms with Crippen LogP contribution in [0.15, 0.2) is 18.2 Å². The number of rotatable bonds is 3. The first-order chi connectivity index (χ1) is 6.56. The molecule has 14 heavy (non-hydrogen) atoms. The molecule has 0 atom stereocenters. The molecule has 0 saturated heterocycles. The molecule has 0 fully saturated rings. The van der Waals surface area contributed by atoms with E-state index in [0.717, 1.165) is 0 Å². The highest BCUT2D eigenvalue weighted by Gasteiger charge is 2.14. The van der Waals surface area contributed by atoms with Crippen LogP contribution in [-0.2, 0) is 0 Å². The van der Waals surface area contributed by atoms with Crippen molar-refractivity contribution in [3.8, 4) is 0 Å². The van der Waals surface area contributed by atoms with Crippen LogP contribution in [0.5, 0.6) is 0 Å². The van der Waals surface area contributed by atoms with Crippen LogP contribution in [0.2, 0.25) is 0 Å². The van der Waals surface area contributed by atoms with Gasteiger partial charge >= 0.3 is 0 Å². The Balaban J connectivity index is 3.19. The Morgan fingerprint density at radius 3 is 2.71 bits per heavy atom. The van der Waals surface area contributed by atoms with Crippen molar-refractivity contribution in [2.24, 2.45) is 0 Å². The second-order valence-corrected chi connectivity index (χ2v) is 2.81. The number of nitro groups is 1. The third-order valence-electron chi connectivity index (χ3n) is 1.87. The van der Waals surface area contributed by atoms with Crippen LogP contribution < -0.4 is 5.73 Å². The Kier molecular flexibility index (Phi) is 2.81. The molecule has 0 bridgehead atoms. The average Bonchev–Trinajstić information content (AvgIpc) is 2.17. The zero-order chi connectivity index (χ0) is 10.7. The normalized spacial score (nSPS) is 9.79. The van der Waals surface area contributed by atoms with Gasteiger partial charge in [-0.15, -0.1) is 0 Å². The van der Waals surface area contributed by atoms with Gasteiger partial charge in [0.25, 0.3) is 5.69 Å². The Morgan fingerprint density at radius 2 is 2.21 bits per heavy atom. The second kappa shape index (κ2) is 3.87. The summed E-state index contributed by atoms with van der Waals surface area (Å²) in [4.78, 5) is 21.1. The highest BCUT2D eigenvalue weighted by atomic mass is 16.6. The fraction of sp³-hybridized carbons (Fsp3) is 0.222. The number of benzene rings is 1. The van der Waals surface area contributed by atoms with Gasteiger partial charge in [0.1, 0.15) is 5.69 Å². The summed E-state index contributed by atoms with van der Waals surface area (Å²) in [6, 6.07) is 4.08. The molecule has 5 heteroatoms. The summed E-state index contributed by atoms with van der Waals surface area (Å²) in [5.74, 6) is -0.131. The number of ketones is 1. The lowest BCUT2D eigenvalue weighted by atomic mass is 10.1. The maximum absolute atomic E-state index is 11.2. The Hall–Kier alpha value is -1.91. The monoisotopic (exact) mass is 194 g/mol. The molecular weight excluding hydrogens is 184 g/mol. The molecule has 1 rings (SSSR count). The first-order valence-electron chi connectivity index (χ1n) is 4.13. The van der Waals surface area contributed by atoms with E-state index in [1.807, 2.05) is 0 Å². The van der Waals surface area contributed by atoms with Crippen LogP contribution in [0.3, 0.4) is 0 Å². The van der Waals surface area contributed by atoms with Gasteiger partial charge in [0.15, 0.2) is 5.78 Å². The standard InChI is InChI=1S/C9H10N2O3/c1-2-9(12)6-3-4-7(10)8(5-6)11(13)14/h3-5H,2,10H2,1H3. The van der Waals surface area contributed by atoms with Crippen LogP contribution in [0.1, 0.15) is 23.7 Å². The van der Waals surface area contributed by atoms with Crippen molar-refractivity contribution in [1.29, 1.82) is 0 Å². The molecule has 0 unspecified atom stereocenters.